The van der Waals surface area contributed by atoms with E-state index in [2.05, 4.69) is 15.4 Å². The Balaban J connectivity index is 1.77. The van der Waals surface area contributed by atoms with Crippen LogP contribution in [0.5, 0.6) is 0 Å². The number of aryl methyl sites for hydroxylation is 1. The van der Waals surface area contributed by atoms with Gasteiger partial charge in [0.15, 0.2) is 5.82 Å². The van der Waals surface area contributed by atoms with Crippen LogP contribution >= 0.6 is 0 Å². The van der Waals surface area contributed by atoms with E-state index in [9.17, 15) is 19.6 Å². The number of benzene rings is 1. The number of hydrogen-bond donors (Lipinski definition) is 2. The minimum absolute atomic E-state index is 0.0171. The smallest absolute Gasteiger partial charge is 0.309 e. The zero-order valence-corrected chi connectivity index (χ0v) is 13.5. The first-order valence-corrected chi connectivity index (χ1v) is 7.71. The van der Waals surface area contributed by atoms with Crippen molar-refractivity contribution in [3.63, 3.8) is 0 Å². The number of nitrogens with one attached hydrogen (secondary N) is 2. The lowest BCUT2D eigenvalue weighted by Gasteiger charge is -2.10. The Bertz CT molecular complexity index is 1090. The zero-order valence-electron chi connectivity index (χ0n) is 13.5. The number of hydrogen-bond acceptors (Lipinski definition) is 5. The Labute approximate surface area is 147 Å². The fourth-order valence-corrected chi connectivity index (χ4v) is 2.35. The maximum Gasteiger partial charge on any atom is 0.328 e. The normalized spacial score (nSPS) is 10.3. The molecule has 0 saturated carbocycles. The highest BCUT2D eigenvalue weighted by atomic mass is 16.2. The van der Waals surface area contributed by atoms with E-state index < -0.39 is 17.2 Å². The van der Waals surface area contributed by atoms with Gasteiger partial charge in [0.1, 0.15) is 11.6 Å². The lowest BCUT2D eigenvalue weighted by Crippen LogP contribution is -2.30. The fraction of sp³-hybridized carbons (Fsp3) is 0.118. The molecule has 3 aromatic rings. The minimum Gasteiger partial charge on any atom is -0.309 e. The molecular formula is C17H14N6O3. The summed E-state index contributed by atoms with van der Waals surface area (Å²) < 4.78 is 2.68. The van der Waals surface area contributed by atoms with Gasteiger partial charge in [-0.1, -0.05) is 18.2 Å². The summed E-state index contributed by atoms with van der Waals surface area (Å²) in [7, 11) is 0. The van der Waals surface area contributed by atoms with E-state index in [0.29, 0.717) is 5.69 Å². The molecule has 9 heteroatoms. The molecule has 0 spiro atoms. The quantitative estimate of drug-likeness (QED) is 0.698. The van der Waals surface area contributed by atoms with Crippen molar-refractivity contribution in [2.75, 3.05) is 5.32 Å². The van der Waals surface area contributed by atoms with Crippen LogP contribution in [0.15, 0.2) is 58.4 Å². The summed E-state index contributed by atoms with van der Waals surface area (Å²) in [4.78, 5) is 37.1. The van der Waals surface area contributed by atoms with Crippen LogP contribution in [0.4, 0.5) is 5.82 Å². The van der Waals surface area contributed by atoms with Gasteiger partial charge in [-0.05, 0) is 12.1 Å². The lowest BCUT2D eigenvalue weighted by molar-refractivity contribution is -0.116. The standard InChI is InChI=1S/C17H14N6O3/c18-10-12-11-19-23(13-4-2-1-3-5-13)16(12)20-14(24)6-8-22-9-7-15(25)21-17(22)26/h1-5,7,9,11H,6,8H2,(H,20,24)(H,21,25,26). The zero-order chi connectivity index (χ0) is 18.5. The van der Waals surface area contributed by atoms with Gasteiger partial charge in [0.05, 0.1) is 11.9 Å². The number of anilines is 1. The van der Waals surface area contributed by atoms with Gasteiger partial charge in [-0.15, -0.1) is 0 Å². The number of H-pyrrole nitrogens is 1. The SMILES string of the molecule is N#Cc1cnn(-c2ccccc2)c1NC(=O)CCn1ccc(=O)[nH]c1=O. The van der Waals surface area contributed by atoms with Crippen molar-refractivity contribution in [3.8, 4) is 11.8 Å². The first-order chi connectivity index (χ1) is 12.6. The number of aromatic nitrogens is 4. The van der Waals surface area contributed by atoms with Gasteiger partial charge < -0.3 is 9.88 Å². The number of nitrogens with zero attached hydrogens (tertiary/aromatic N) is 4. The minimum atomic E-state index is -0.586. The molecule has 130 valence electrons. The Kier molecular flexibility index (Phi) is 4.76. The van der Waals surface area contributed by atoms with Crippen LogP contribution in [0, 0.1) is 11.3 Å². The van der Waals surface area contributed by atoms with E-state index in [1.807, 2.05) is 24.3 Å². The molecule has 1 amide bonds. The molecule has 1 aromatic carbocycles. The molecule has 0 radical (unpaired) electrons. The third kappa shape index (κ3) is 3.59. The Morgan fingerprint density at radius 3 is 2.69 bits per heavy atom. The number of aromatic amines is 1. The maximum absolute atomic E-state index is 12.3. The molecule has 2 N–H and O–H groups in total. The molecule has 26 heavy (non-hydrogen) atoms. The van der Waals surface area contributed by atoms with Gasteiger partial charge >= 0.3 is 5.69 Å². The van der Waals surface area contributed by atoms with Gasteiger partial charge in [-0.3, -0.25) is 14.6 Å². The summed E-state index contributed by atoms with van der Waals surface area (Å²) in [6.07, 6.45) is 2.68. The number of amides is 1. The first kappa shape index (κ1) is 16.9. The molecule has 0 aliphatic heterocycles. The molecule has 0 fully saturated rings. The van der Waals surface area contributed by atoms with Crippen molar-refractivity contribution in [3.05, 3.63) is 75.2 Å². The predicted octanol–water partition coefficient (Wildman–Crippen LogP) is 0.623. The molecule has 2 aromatic heterocycles. The van der Waals surface area contributed by atoms with E-state index in [1.165, 1.54) is 27.7 Å². The number of para-hydroxylation sites is 1. The third-order valence-corrected chi connectivity index (χ3v) is 3.62. The second kappa shape index (κ2) is 7.31. The molecule has 9 nitrogen and oxygen atoms in total. The monoisotopic (exact) mass is 350 g/mol. The van der Waals surface area contributed by atoms with Crippen LogP contribution in [-0.2, 0) is 11.3 Å². The van der Waals surface area contributed by atoms with Crippen molar-refractivity contribution in [2.45, 2.75) is 13.0 Å². The van der Waals surface area contributed by atoms with Crippen molar-refractivity contribution in [2.24, 2.45) is 0 Å². The summed E-state index contributed by atoms with van der Waals surface area (Å²) in [6, 6.07) is 12.3. The third-order valence-electron chi connectivity index (χ3n) is 3.62. The molecule has 0 aliphatic rings. The largest absolute Gasteiger partial charge is 0.328 e. The highest BCUT2D eigenvalue weighted by molar-refractivity contribution is 5.91. The summed E-state index contributed by atoms with van der Waals surface area (Å²) in [5.41, 5.74) is -0.164. The number of rotatable bonds is 5. The molecule has 0 bridgehead atoms. The lowest BCUT2D eigenvalue weighted by atomic mass is 10.3. The van der Waals surface area contributed by atoms with Gasteiger partial charge in [0, 0.05) is 25.2 Å². The van der Waals surface area contributed by atoms with E-state index >= 15 is 0 Å². The predicted molar refractivity (Wildman–Crippen MR) is 92.8 cm³/mol. The Hall–Kier alpha value is -3.93. The van der Waals surface area contributed by atoms with Crippen molar-refractivity contribution in [1.29, 1.82) is 5.26 Å². The topological polar surface area (TPSA) is 126 Å². The van der Waals surface area contributed by atoms with E-state index in [1.54, 1.807) is 12.1 Å². The van der Waals surface area contributed by atoms with Gasteiger partial charge in [0.25, 0.3) is 5.56 Å². The van der Waals surface area contributed by atoms with Crippen LogP contribution in [0.2, 0.25) is 0 Å². The second-order valence-electron chi connectivity index (χ2n) is 5.37. The van der Waals surface area contributed by atoms with Crippen LogP contribution in [0.3, 0.4) is 0 Å². The van der Waals surface area contributed by atoms with Crippen molar-refractivity contribution >= 4 is 11.7 Å². The molecular weight excluding hydrogens is 336 g/mol. The summed E-state index contributed by atoms with van der Waals surface area (Å²) in [5, 5.41) is 16.0. The first-order valence-electron chi connectivity index (χ1n) is 7.71. The second-order valence-corrected chi connectivity index (χ2v) is 5.37. The van der Waals surface area contributed by atoms with Crippen molar-refractivity contribution < 1.29 is 4.79 Å². The molecule has 0 unspecified atom stereocenters. The molecule has 0 atom stereocenters. The maximum atomic E-state index is 12.3. The van der Waals surface area contributed by atoms with E-state index in [4.69, 9.17) is 0 Å². The van der Waals surface area contributed by atoms with Gasteiger partial charge in [-0.2, -0.15) is 10.4 Å². The molecule has 3 rings (SSSR count). The average Bonchev–Trinajstić information content (AvgIpc) is 3.04. The van der Waals surface area contributed by atoms with Crippen LogP contribution in [-0.4, -0.2) is 25.2 Å². The van der Waals surface area contributed by atoms with E-state index in [0.717, 1.165) is 0 Å². The van der Waals surface area contributed by atoms with Gasteiger partial charge in [-0.25, -0.2) is 9.48 Å². The van der Waals surface area contributed by atoms with E-state index in [-0.39, 0.29) is 24.3 Å². The number of nitriles is 1. The molecule has 0 saturated heterocycles. The number of carbonyl (C=O) groups excluding carboxylic acids is 1. The van der Waals surface area contributed by atoms with Crippen LogP contribution in [0.1, 0.15) is 12.0 Å². The average molecular weight is 350 g/mol. The summed E-state index contributed by atoms with van der Waals surface area (Å²) in [6.45, 7) is 0.0861. The highest BCUT2D eigenvalue weighted by Gasteiger charge is 2.15. The van der Waals surface area contributed by atoms with Crippen LogP contribution in [0.25, 0.3) is 5.69 Å². The number of carbonyl (C=O) groups is 1. The van der Waals surface area contributed by atoms with Crippen LogP contribution < -0.4 is 16.6 Å². The molecule has 0 aliphatic carbocycles. The fourth-order valence-electron chi connectivity index (χ4n) is 2.35. The van der Waals surface area contributed by atoms with Crippen molar-refractivity contribution in [1.82, 2.24) is 19.3 Å². The summed E-state index contributed by atoms with van der Waals surface area (Å²) >= 11 is 0. The summed E-state index contributed by atoms with van der Waals surface area (Å²) in [5.74, 6) is -0.130. The Morgan fingerprint density at radius 1 is 1.23 bits per heavy atom. The molecule has 2 heterocycles. The Morgan fingerprint density at radius 2 is 2.00 bits per heavy atom. The highest BCUT2D eigenvalue weighted by Crippen LogP contribution is 2.19. The van der Waals surface area contributed by atoms with Gasteiger partial charge in [0.2, 0.25) is 5.91 Å².